The Morgan fingerprint density at radius 3 is 2.53 bits per heavy atom. The van der Waals surface area contributed by atoms with Gasteiger partial charge in [0.25, 0.3) is 0 Å². The Hall–Kier alpha value is -1.18. The molecule has 0 spiro atoms. The molecule has 7 heteroatoms. The Balaban J connectivity index is 3.61. The molecule has 0 fully saturated rings. The number of ether oxygens (including phenoxy) is 4. The third-order valence-corrected chi connectivity index (χ3v) is 1.67. The molecule has 0 heterocycles. The summed E-state index contributed by atoms with van der Waals surface area (Å²) in [6, 6.07) is 0. The smallest absolute Gasteiger partial charge is 0.305 e. The topological polar surface area (TPSA) is 91.3 Å². The largest absolute Gasteiger partial charge is 0.481 e. The first-order valence-corrected chi connectivity index (χ1v) is 5.09. The lowest BCUT2D eigenvalue weighted by atomic mass is 10.4. The van der Waals surface area contributed by atoms with Crippen LogP contribution >= 0.6 is 0 Å². The maximum Gasteiger partial charge on any atom is 0.305 e. The highest BCUT2D eigenvalue weighted by atomic mass is 16.7. The van der Waals surface area contributed by atoms with E-state index in [1.54, 1.807) is 0 Å². The molecule has 17 heavy (non-hydrogen) atoms. The number of carboxylic acids is 1. The summed E-state index contributed by atoms with van der Waals surface area (Å²) in [4.78, 5) is 20.8. The van der Waals surface area contributed by atoms with Gasteiger partial charge in [0.05, 0.1) is 19.6 Å². The van der Waals surface area contributed by atoms with Crippen molar-refractivity contribution in [3.05, 3.63) is 0 Å². The lowest BCUT2D eigenvalue weighted by Gasteiger charge is -2.16. The van der Waals surface area contributed by atoms with Crippen LogP contribution < -0.4 is 0 Å². The van der Waals surface area contributed by atoms with Gasteiger partial charge in [-0.05, 0) is 0 Å². The molecule has 0 amide bonds. The summed E-state index contributed by atoms with van der Waals surface area (Å²) >= 11 is 0. The average Bonchev–Trinajstić information content (AvgIpc) is 2.24. The number of aliphatic carboxylic acids is 1. The number of carbonyl (C=O) groups excluding carboxylic acids is 1. The van der Waals surface area contributed by atoms with Crippen LogP contribution in [-0.4, -0.2) is 56.9 Å². The second kappa shape index (κ2) is 10.0. The van der Waals surface area contributed by atoms with Crippen LogP contribution in [0.1, 0.15) is 13.3 Å². The third kappa shape index (κ3) is 11.1. The normalized spacial score (nSPS) is 12.1. The molecule has 0 radical (unpaired) electrons. The SMILES string of the molecule is COCC(COC(C)=O)OCOCCC(=O)O. The summed E-state index contributed by atoms with van der Waals surface area (Å²) in [7, 11) is 1.50. The molecule has 0 saturated heterocycles. The molecule has 0 aliphatic carbocycles. The summed E-state index contributed by atoms with van der Waals surface area (Å²) in [5.41, 5.74) is 0. The average molecular weight is 250 g/mol. The van der Waals surface area contributed by atoms with Crippen LogP contribution in [0, 0.1) is 0 Å². The molecule has 7 nitrogen and oxygen atoms in total. The Labute approximate surface area is 99.6 Å². The van der Waals surface area contributed by atoms with Crippen molar-refractivity contribution >= 4 is 11.9 Å². The van der Waals surface area contributed by atoms with Crippen molar-refractivity contribution in [2.45, 2.75) is 19.4 Å². The first kappa shape index (κ1) is 15.8. The van der Waals surface area contributed by atoms with Crippen molar-refractivity contribution in [2.24, 2.45) is 0 Å². The standard InChI is InChI=1S/C10H18O7/c1-8(11)16-6-9(5-14-2)17-7-15-4-3-10(12)13/h9H,3-7H2,1-2H3,(H,12,13). The molecular formula is C10H18O7. The fourth-order valence-electron chi connectivity index (χ4n) is 0.903. The van der Waals surface area contributed by atoms with Gasteiger partial charge >= 0.3 is 11.9 Å². The van der Waals surface area contributed by atoms with E-state index in [0.29, 0.717) is 0 Å². The van der Waals surface area contributed by atoms with Gasteiger partial charge in [-0.1, -0.05) is 0 Å². The summed E-state index contributed by atoms with van der Waals surface area (Å²) in [6.45, 7) is 1.64. The van der Waals surface area contributed by atoms with Gasteiger partial charge in [0.2, 0.25) is 0 Å². The molecule has 0 bridgehead atoms. The van der Waals surface area contributed by atoms with E-state index in [9.17, 15) is 9.59 Å². The molecule has 0 aliphatic heterocycles. The molecule has 0 aromatic heterocycles. The van der Waals surface area contributed by atoms with Crippen LogP contribution in [-0.2, 0) is 28.5 Å². The molecule has 0 rings (SSSR count). The van der Waals surface area contributed by atoms with E-state index in [0.717, 1.165) is 0 Å². The minimum atomic E-state index is -0.932. The second-order valence-electron chi connectivity index (χ2n) is 3.22. The molecule has 1 atom stereocenters. The van der Waals surface area contributed by atoms with E-state index in [-0.39, 0.29) is 33.0 Å². The number of hydrogen-bond acceptors (Lipinski definition) is 6. The van der Waals surface area contributed by atoms with Gasteiger partial charge in [-0.15, -0.1) is 0 Å². The predicted molar refractivity (Wildman–Crippen MR) is 56.5 cm³/mol. The maximum absolute atomic E-state index is 10.6. The fraction of sp³-hybridized carbons (Fsp3) is 0.800. The van der Waals surface area contributed by atoms with Gasteiger partial charge in [-0.3, -0.25) is 9.59 Å². The van der Waals surface area contributed by atoms with Crippen LogP contribution in [0.15, 0.2) is 0 Å². The van der Waals surface area contributed by atoms with Crippen molar-refractivity contribution in [1.82, 2.24) is 0 Å². The molecular weight excluding hydrogens is 232 g/mol. The number of carbonyl (C=O) groups is 2. The number of carboxylic acid groups (broad SMARTS) is 1. The van der Waals surface area contributed by atoms with Gasteiger partial charge in [0, 0.05) is 14.0 Å². The number of methoxy groups -OCH3 is 1. The Bertz CT molecular complexity index is 229. The summed E-state index contributed by atoms with van der Waals surface area (Å²) < 4.78 is 19.8. The minimum Gasteiger partial charge on any atom is -0.481 e. The van der Waals surface area contributed by atoms with Crippen LogP contribution in [0.3, 0.4) is 0 Å². The predicted octanol–water partition coefficient (Wildman–Crippen LogP) is 0.0299. The molecule has 0 saturated carbocycles. The highest BCUT2D eigenvalue weighted by molar-refractivity contribution is 5.66. The zero-order valence-electron chi connectivity index (χ0n) is 10.0. The number of rotatable bonds is 10. The van der Waals surface area contributed by atoms with E-state index < -0.39 is 18.0 Å². The lowest BCUT2D eigenvalue weighted by molar-refractivity contribution is -0.157. The van der Waals surface area contributed by atoms with E-state index in [1.807, 2.05) is 0 Å². The van der Waals surface area contributed by atoms with E-state index in [1.165, 1.54) is 14.0 Å². The second-order valence-corrected chi connectivity index (χ2v) is 3.22. The van der Waals surface area contributed by atoms with E-state index in [2.05, 4.69) is 0 Å². The van der Waals surface area contributed by atoms with Gasteiger partial charge in [-0.2, -0.15) is 0 Å². The quantitative estimate of drug-likeness (QED) is 0.332. The number of hydrogen-bond donors (Lipinski definition) is 1. The zero-order chi connectivity index (χ0) is 13.1. The third-order valence-electron chi connectivity index (χ3n) is 1.67. The van der Waals surface area contributed by atoms with E-state index in [4.69, 9.17) is 24.1 Å². The summed E-state index contributed by atoms with van der Waals surface area (Å²) in [6.07, 6.45) is -0.504. The molecule has 100 valence electrons. The van der Waals surface area contributed by atoms with Crippen molar-refractivity contribution in [1.29, 1.82) is 0 Å². The molecule has 1 unspecified atom stereocenters. The molecule has 1 N–H and O–H groups in total. The highest BCUT2D eigenvalue weighted by Gasteiger charge is 2.11. The van der Waals surface area contributed by atoms with E-state index >= 15 is 0 Å². The molecule has 0 aliphatic rings. The van der Waals surface area contributed by atoms with Crippen LogP contribution in [0.25, 0.3) is 0 Å². The molecule has 0 aromatic rings. The van der Waals surface area contributed by atoms with Crippen molar-refractivity contribution in [3.8, 4) is 0 Å². The van der Waals surface area contributed by atoms with Crippen molar-refractivity contribution in [2.75, 3.05) is 33.7 Å². The van der Waals surface area contributed by atoms with Gasteiger partial charge in [-0.25, -0.2) is 0 Å². The summed E-state index contributed by atoms with van der Waals surface area (Å²) in [5, 5.41) is 8.35. The monoisotopic (exact) mass is 250 g/mol. The maximum atomic E-state index is 10.6. The lowest BCUT2D eigenvalue weighted by Crippen LogP contribution is -2.27. The highest BCUT2D eigenvalue weighted by Crippen LogP contribution is 1.96. The molecule has 0 aromatic carbocycles. The minimum absolute atomic E-state index is 0.0669. The Kier molecular flexibility index (Phi) is 9.31. The van der Waals surface area contributed by atoms with Gasteiger partial charge in [0.15, 0.2) is 0 Å². The van der Waals surface area contributed by atoms with Gasteiger partial charge < -0.3 is 24.1 Å². The van der Waals surface area contributed by atoms with Crippen LogP contribution in [0.2, 0.25) is 0 Å². The first-order chi connectivity index (χ1) is 8.06. The number of esters is 1. The first-order valence-electron chi connectivity index (χ1n) is 5.09. The zero-order valence-corrected chi connectivity index (χ0v) is 10.0. The van der Waals surface area contributed by atoms with Crippen molar-refractivity contribution < 1.29 is 33.6 Å². The van der Waals surface area contributed by atoms with Crippen LogP contribution in [0.4, 0.5) is 0 Å². The Morgan fingerprint density at radius 2 is 2.00 bits per heavy atom. The Morgan fingerprint density at radius 1 is 1.29 bits per heavy atom. The van der Waals surface area contributed by atoms with Gasteiger partial charge in [0.1, 0.15) is 19.5 Å². The fourth-order valence-corrected chi connectivity index (χ4v) is 0.903. The van der Waals surface area contributed by atoms with Crippen LogP contribution in [0.5, 0.6) is 0 Å². The summed E-state index contributed by atoms with van der Waals surface area (Å²) in [5.74, 6) is -1.33. The van der Waals surface area contributed by atoms with Crippen molar-refractivity contribution in [3.63, 3.8) is 0 Å².